The van der Waals surface area contributed by atoms with Crippen LogP contribution in [-0.2, 0) is 10.0 Å². The van der Waals surface area contributed by atoms with Crippen molar-refractivity contribution in [2.75, 3.05) is 4.72 Å². The molecule has 4 rings (SSSR count). The Bertz CT molecular complexity index is 1700. The molecule has 17 heteroatoms. The number of nitrogens with zero attached hydrogens (tertiary/aromatic N) is 7. The van der Waals surface area contributed by atoms with Crippen molar-refractivity contribution in [3.05, 3.63) is 97.2 Å². The molecule has 2 aromatic carbocycles. The van der Waals surface area contributed by atoms with Crippen LogP contribution < -0.4 is 10.3 Å². The van der Waals surface area contributed by atoms with Gasteiger partial charge in [0.2, 0.25) is 5.95 Å². The number of nitro benzene ring substituents is 2. The van der Waals surface area contributed by atoms with Crippen molar-refractivity contribution >= 4 is 38.7 Å². The van der Waals surface area contributed by atoms with E-state index >= 15 is 0 Å². The molecule has 0 aliphatic rings. The zero-order chi connectivity index (χ0) is 26.7. The third-order valence-corrected chi connectivity index (χ3v) is 6.20. The highest BCUT2D eigenvalue weighted by Crippen LogP contribution is 2.28. The molecule has 188 valence electrons. The quantitative estimate of drug-likeness (QED) is 0.195. The summed E-state index contributed by atoms with van der Waals surface area (Å²) < 4.78 is 28.0. The maximum absolute atomic E-state index is 12.9. The number of H-pyrrole nitrogens is 1. The molecule has 0 amide bonds. The minimum absolute atomic E-state index is 0.0930. The van der Waals surface area contributed by atoms with Crippen LogP contribution in [0.1, 0.15) is 5.69 Å². The Labute approximate surface area is 206 Å². The summed E-state index contributed by atoms with van der Waals surface area (Å²) >= 11 is 0. The first kappa shape index (κ1) is 24.8. The molecule has 0 unspecified atom stereocenters. The van der Waals surface area contributed by atoms with E-state index in [1.165, 1.54) is 49.6 Å². The van der Waals surface area contributed by atoms with Gasteiger partial charge >= 0.3 is 5.69 Å². The molecular weight excluding hydrogens is 510 g/mol. The second kappa shape index (κ2) is 9.74. The van der Waals surface area contributed by atoms with Gasteiger partial charge in [0.25, 0.3) is 21.3 Å². The Morgan fingerprint density at radius 1 is 1.00 bits per heavy atom. The first-order valence-electron chi connectivity index (χ1n) is 10.1. The van der Waals surface area contributed by atoms with Crippen molar-refractivity contribution in [2.45, 2.75) is 11.8 Å². The lowest BCUT2D eigenvalue weighted by molar-refractivity contribution is -0.394. The van der Waals surface area contributed by atoms with Crippen molar-refractivity contribution in [3.63, 3.8) is 0 Å². The van der Waals surface area contributed by atoms with Crippen LogP contribution in [0, 0.1) is 27.2 Å². The fraction of sp³-hybridized carbons (Fsp3) is 0.0500. The Balaban J connectivity index is 1.61. The number of hydrogen-bond acceptors (Lipinski definition) is 11. The Hall–Kier alpha value is -5.32. The summed E-state index contributed by atoms with van der Waals surface area (Å²) in [5.74, 6) is -0.0984. The topological polar surface area (TPSA) is 221 Å². The van der Waals surface area contributed by atoms with Crippen LogP contribution in [0.2, 0.25) is 0 Å². The number of aromatic amines is 1. The van der Waals surface area contributed by atoms with Crippen molar-refractivity contribution in [3.8, 4) is 5.69 Å². The number of benzene rings is 2. The highest BCUT2D eigenvalue weighted by molar-refractivity contribution is 7.92. The molecule has 0 radical (unpaired) electrons. The number of nitro groups is 2. The second-order valence-electron chi connectivity index (χ2n) is 7.29. The van der Waals surface area contributed by atoms with Crippen molar-refractivity contribution in [1.29, 1.82) is 0 Å². The van der Waals surface area contributed by atoms with E-state index in [1.807, 2.05) is 0 Å². The summed E-state index contributed by atoms with van der Waals surface area (Å²) in [6.07, 6.45) is 2.76. The number of rotatable bonds is 8. The zero-order valence-electron chi connectivity index (χ0n) is 18.7. The van der Waals surface area contributed by atoms with Gasteiger partial charge in [-0.05, 0) is 43.3 Å². The molecule has 2 N–H and O–H groups in total. The maximum atomic E-state index is 12.9. The highest BCUT2D eigenvalue weighted by atomic mass is 32.2. The Kier molecular flexibility index (Phi) is 6.53. The first-order valence-corrected chi connectivity index (χ1v) is 11.6. The molecule has 16 nitrogen and oxygen atoms in total. The molecule has 0 spiro atoms. The van der Waals surface area contributed by atoms with Crippen LogP contribution in [0.15, 0.2) is 80.8 Å². The normalized spacial score (nSPS) is 11.5. The third-order valence-electron chi connectivity index (χ3n) is 4.85. The molecule has 2 heterocycles. The summed E-state index contributed by atoms with van der Waals surface area (Å²) in [6, 6.07) is 9.61. The predicted molar refractivity (Wildman–Crippen MR) is 128 cm³/mol. The fourth-order valence-corrected chi connectivity index (χ4v) is 4.07. The maximum Gasteiger partial charge on any atom is 0.301 e. The van der Waals surface area contributed by atoms with Gasteiger partial charge in [-0.3, -0.25) is 30.1 Å². The monoisotopic (exact) mass is 525 g/mol. The van der Waals surface area contributed by atoms with E-state index in [0.29, 0.717) is 0 Å². The number of aromatic nitrogens is 4. The van der Waals surface area contributed by atoms with Crippen LogP contribution in [-0.4, -0.2) is 38.0 Å². The SMILES string of the molecule is Cc1[nH]n(-c2ccc([N+](=O)[O-])cc2[N+](=O)[O-])c(=O)c1N=Nc1ccc(S(=O)(=O)Nc2ncccn2)cc1. The van der Waals surface area contributed by atoms with Crippen LogP contribution >= 0.6 is 0 Å². The summed E-state index contributed by atoms with van der Waals surface area (Å²) in [5, 5.41) is 32.9. The van der Waals surface area contributed by atoms with E-state index in [-0.39, 0.29) is 33.6 Å². The number of anilines is 1. The minimum atomic E-state index is -3.96. The molecule has 0 aliphatic heterocycles. The van der Waals surface area contributed by atoms with Gasteiger partial charge in [0.15, 0.2) is 5.69 Å². The molecule has 4 aromatic rings. The average Bonchev–Trinajstić information content (AvgIpc) is 3.15. The summed E-state index contributed by atoms with van der Waals surface area (Å²) in [7, 11) is -3.96. The van der Waals surface area contributed by atoms with E-state index in [2.05, 4.69) is 30.0 Å². The van der Waals surface area contributed by atoms with Crippen LogP contribution in [0.4, 0.5) is 28.7 Å². The number of hydrogen-bond donors (Lipinski definition) is 2. The van der Waals surface area contributed by atoms with E-state index in [9.17, 15) is 33.4 Å². The van der Waals surface area contributed by atoms with E-state index in [0.717, 1.165) is 22.9 Å². The van der Waals surface area contributed by atoms with Crippen LogP contribution in [0.5, 0.6) is 0 Å². The number of nitrogens with one attached hydrogen (secondary N) is 2. The van der Waals surface area contributed by atoms with Gasteiger partial charge in [0.1, 0.15) is 5.69 Å². The summed E-state index contributed by atoms with van der Waals surface area (Å²) in [5.41, 5.74) is -1.93. The van der Waals surface area contributed by atoms with E-state index < -0.39 is 36.8 Å². The van der Waals surface area contributed by atoms with Gasteiger partial charge in [-0.2, -0.15) is 5.11 Å². The molecule has 2 aromatic heterocycles. The molecular formula is C20H15N9O7S. The molecule has 0 saturated carbocycles. The molecule has 0 saturated heterocycles. The lowest BCUT2D eigenvalue weighted by Gasteiger charge is -2.06. The first-order chi connectivity index (χ1) is 17.6. The van der Waals surface area contributed by atoms with E-state index in [4.69, 9.17) is 0 Å². The molecule has 0 fully saturated rings. The standard InChI is InChI=1S/C20H15N9O7S/c1-12-18(19(30)27(25-12)16-8-5-14(28(31)32)11-17(16)29(33)34)24-23-13-3-6-15(7-4-13)37(35,36)26-20-21-9-2-10-22-20/h2-11,25H,1H3,(H,21,22,26). The molecule has 0 bridgehead atoms. The largest absolute Gasteiger partial charge is 0.301 e. The van der Waals surface area contributed by atoms with Gasteiger partial charge < -0.3 is 0 Å². The van der Waals surface area contributed by atoms with Crippen molar-refractivity contribution in [2.24, 2.45) is 10.2 Å². The molecule has 0 atom stereocenters. The second-order valence-corrected chi connectivity index (χ2v) is 8.97. The van der Waals surface area contributed by atoms with Crippen molar-refractivity contribution in [1.82, 2.24) is 19.7 Å². The smallest absolute Gasteiger partial charge is 0.293 e. The van der Waals surface area contributed by atoms with Crippen LogP contribution in [0.25, 0.3) is 5.69 Å². The molecule has 37 heavy (non-hydrogen) atoms. The van der Waals surface area contributed by atoms with Gasteiger partial charge in [-0.15, -0.1) is 5.11 Å². The zero-order valence-corrected chi connectivity index (χ0v) is 19.5. The number of azo groups is 1. The minimum Gasteiger partial charge on any atom is -0.293 e. The van der Waals surface area contributed by atoms with Crippen LogP contribution in [0.3, 0.4) is 0 Å². The lowest BCUT2D eigenvalue weighted by Crippen LogP contribution is -2.15. The predicted octanol–water partition coefficient (Wildman–Crippen LogP) is 3.30. The number of sulfonamides is 1. The van der Waals surface area contributed by atoms with Gasteiger partial charge in [0.05, 0.1) is 32.2 Å². The number of aryl methyl sites for hydroxylation is 1. The summed E-state index contributed by atoms with van der Waals surface area (Å²) in [4.78, 5) is 41.2. The summed E-state index contributed by atoms with van der Waals surface area (Å²) in [6.45, 7) is 1.48. The Morgan fingerprint density at radius 2 is 1.68 bits per heavy atom. The van der Waals surface area contributed by atoms with Crippen molar-refractivity contribution < 1.29 is 18.3 Å². The Morgan fingerprint density at radius 3 is 2.30 bits per heavy atom. The fourth-order valence-electron chi connectivity index (χ4n) is 3.12. The highest BCUT2D eigenvalue weighted by Gasteiger charge is 2.24. The third kappa shape index (κ3) is 5.20. The van der Waals surface area contributed by atoms with Gasteiger partial charge in [0, 0.05) is 18.5 Å². The molecule has 0 aliphatic carbocycles. The van der Waals surface area contributed by atoms with Gasteiger partial charge in [-0.1, -0.05) is 0 Å². The average molecular weight is 525 g/mol. The van der Waals surface area contributed by atoms with Gasteiger partial charge in [-0.25, -0.2) is 27.8 Å². The van der Waals surface area contributed by atoms with E-state index in [1.54, 1.807) is 0 Å². The lowest BCUT2D eigenvalue weighted by atomic mass is 10.2. The number of non-ortho nitro benzene ring substituents is 1.